The van der Waals surface area contributed by atoms with Crippen LogP contribution in [0.3, 0.4) is 0 Å². The van der Waals surface area contributed by atoms with Crippen LogP contribution in [0, 0.1) is 6.92 Å². The third kappa shape index (κ3) is 2.85. The van der Waals surface area contributed by atoms with Gasteiger partial charge in [-0.25, -0.2) is 0 Å². The molecule has 0 aliphatic carbocycles. The lowest BCUT2D eigenvalue weighted by molar-refractivity contribution is 0.0884. The molecule has 0 spiro atoms. The van der Waals surface area contributed by atoms with Crippen LogP contribution >= 0.6 is 0 Å². The van der Waals surface area contributed by atoms with E-state index in [9.17, 15) is 9.59 Å². The second-order valence-electron chi connectivity index (χ2n) is 3.88. The Morgan fingerprint density at radius 1 is 1.11 bits per heavy atom. The Bertz CT molecular complexity index is 557. The molecule has 18 heavy (non-hydrogen) atoms. The van der Waals surface area contributed by atoms with Crippen LogP contribution in [0.15, 0.2) is 46.9 Å². The maximum Gasteiger partial charge on any atom is 0.287 e. The number of hydrogen-bond donors (Lipinski definition) is 1. The third-order valence-electron chi connectivity index (χ3n) is 2.47. The van der Waals surface area contributed by atoms with Gasteiger partial charge in [0.25, 0.3) is 5.91 Å². The van der Waals surface area contributed by atoms with Crippen molar-refractivity contribution in [3.8, 4) is 0 Å². The fraction of sp³-hybridized carbons (Fsp3) is 0.143. The van der Waals surface area contributed by atoms with Crippen LogP contribution < -0.4 is 5.32 Å². The maximum absolute atomic E-state index is 11.7. The van der Waals surface area contributed by atoms with Crippen LogP contribution in [0.1, 0.15) is 26.7 Å². The zero-order valence-corrected chi connectivity index (χ0v) is 9.97. The summed E-state index contributed by atoms with van der Waals surface area (Å²) in [6.07, 6.45) is 0. The van der Waals surface area contributed by atoms with Crippen molar-refractivity contribution in [1.82, 2.24) is 5.32 Å². The number of hydrogen-bond acceptors (Lipinski definition) is 3. The minimum Gasteiger partial charge on any atom is -0.456 e. The van der Waals surface area contributed by atoms with E-state index >= 15 is 0 Å². The quantitative estimate of drug-likeness (QED) is 0.837. The van der Waals surface area contributed by atoms with Crippen LogP contribution in [0.25, 0.3) is 0 Å². The summed E-state index contributed by atoms with van der Waals surface area (Å²) in [5, 5.41) is 2.53. The molecule has 0 atom stereocenters. The average Bonchev–Trinajstić information content (AvgIpc) is 2.83. The number of benzene rings is 1. The number of amides is 1. The highest BCUT2D eigenvalue weighted by Gasteiger charge is 2.12. The maximum atomic E-state index is 11.7. The first-order chi connectivity index (χ1) is 8.66. The predicted molar refractivity (Wildman–Crippen MR) is 66.6 cm³/mol. The highest BCUT2D eigenvalue weighted by molar-refractivity contribution is 6.01. The van der Waals surface area contributed by atoms with Crippen LogP contribution in [0.5, 0.6) is 0 Å². The van der Waals surface area contributed by atoms with Gasteiger partial charge in [-0.1, -0.05) is 30.3 Å². The van der Waals surface area contributed by atoms with Crippen LogP contribution in [0.2, 0.25) is 0 Å². The topological polar surface area (TPSA) is 59.3 Å². The number of carbonyl (C=O) groups is 2. The minimum absolute atomic E-state index is 0.0391. The van der Waals surface area contributed by atoms with Gasteiger partial charge in [0, 0.05) is 5.56 Å². The summed E-state index contributed by atoms with van der Waals surface area (Å²) in [7, 11) is 0. The molecule has 1 aromatic heterocycles. The second kappa shape index (κ2) is 5.31. The number of Topliss-reactive ketones (excluding diaryl/α,β-unsaturated/α-hetero) is 1. The van der Waals surface area contributed by atoms with Crippen molar-refractivity contribution in [2.24, 2.45) is 0 Å². The van der Waals surface area contributed by atoms with Crippen molar-refractivity contribution < 1.29 is 14.0 Å². The SMILES string of the molecule is Cc1ccc(C(=O)NCC(=O)c2ccccc2)o1. The van der Waals surface area contributed by atoms with Gasteiger partial charge >= 0.3 is 0 Å². The largest absolute Gasteiger partial charge is 0.456 e. The summed E-state index contributed by atoms with van der Waals surface area (Å²) in [4.78, 5) is 23.4. The molecule has 4 heteroatoms. The molecular formula is C14H13NO3. The van der Waals surface area contributed by atoms with Crippen molar-refractivity contribution in [1.29, 1.82) is 0 Å². The van der Waals surface area contributed by atoms with Crippen LogP contribution in [-0.2, 0) is 0 Å². The molecule has 0 aliphatic heterocycles. The molecule has 2 aromatic rings. The predicted octanol–water partition coefficient (Wildman–Crippen LogP) is 2.20. The summed E-state index contributed by atoms with van der Waals surface area (Å²) in [5.41, 5.74) is 0.577. The normalized spacial score (nSPS) is 10.1. The van der Waals surface area contributed by atoms with E-state index in [-0.39, 0.29) is 24.0 Å². The van der Waals surface area contributed by atoms with Crippen molar-refractivity contribution in [2.45, 2.75) is 6.92 Å². The van der Waals surface area contributed by atoms with E-state index in [2.05, 4.69) is 5.32 Å². The molecule has 1 N–H and O–H groups in total. The van der Waals surface area contributed by atoms with Gasteiger partial charge in [-0.3, -0.25) is 9.59 Å². The number of carbonyl (C=O) groups excluding carboxylic acids is 2. The Morgan fingerprint density at radius 2 is 1.83 bits per heavy atom. The number of ketones is 1. The fourth-order valence-electron chi connectivity index (χ4n) is 1.53. The fourth-order valence-corrected chi connectivity index (χ4v) is 1.53. The lowest BCUT2D eigenvalue weighted by Crippen LogP contribution is -2.29. The molecular weight excluding hydrogens is 230 g/mol. The highest BCUT2D eigenvalue weighted by atomic mass is 16.3. The Morgan fingerprint density at radius 3 is 2.44 bits per heavy atom. The van der Waals surface area contributed by atoms with E-state index in [1.54, 1.807) is 43.3 Å². The molecule has 0 radical (unpaired) electrons. The molecule has 0 bridgehead atoms. The first kappa shape index (κ1) is 12.1. The number of rotatable bonds is 4. The molecule has 0 saturated carbocycles. The number of nitrogens with one attached hydrogen (secondary N) is 1. The van der Waals surface area contributed by atoms with E-state index in [1.807, 2.05) is 6.07 Å². The van der Waals surface area contributed by atoms with E-state index in [1.165, 1.54) is 0 Å². The van der Waals surface area contributed by atoms with Gasteiger partial charge in [-0.2, -0.15) is 0 Å². The molecule has 1 amide bonds. The van der Waals surface area contributed by atoms with Gasteiger partial charge in [0.15, 0.2) is 11.5 Å². The van der Waals surface area contributed by atoms with Gasteiger partial charge < -0.3 is 9.73 Å². The Labute approximate surface area is 105 Å². The molecule has 4 nitrogen and oxygen atoms in total. The zero-order chi connectivity index (χ0) is 13.0. The van der Waals surface area contributed by atoms with Gasteiger partial charge in [0.05, 0.1) is 6.54 Å². The lowest BCUT2D eigenvalue weighted by Gasteiger charge is -2.02. The smallest absolute Gasteiger partial charge is 0.287 e. The Balaban J connectivity index is 1.92. The van der Waals surface area contributed by atoms with E-state index < -0.39 is 0 Å². The van der Waals surface area contributed by atoms with Gasteiger partial charge in [-0.15, -0.1) is 0 Å². The van der Waals surface area contributed by atoms with Crippen LogP contribution in [0.4, 0.5) is 0 Å². The molecule has 1 aromatic carbocycles. The molecule has 92 valence electrons. The standard InChI is InChI=1S/C14H13NO3/c1-10-7-8-13(18-10)14(17)15-9-12(16)11-5-3-2-4-6-11/h2-8H,9H2,1H3,(H,15,17). The lowest BCUT2D eigenvalue weighted by atomic mass is 10.1. The first-order valence-electron chi connectivity index (χ1n) is 5.59. The highest BCUT2D eigenvalue weighted by Crippen LogP contribution is 2.06. The summed E-state index contributed by atoms with van der Waals surface area (Å²) < 4.78 is 5.16. The third-order valence-corrected chi connectivity index (χ3v) is 2.47. The summed E-state index contributed by atoms with van der Waals surface area (Å²) in [6.45, 7) is 1.72. The van der Waals surface area contributed by atoms with Gasteiger partial charge in [0.2, 0.25) is 0 Å². The minimum atomic E-state index is -0.382. The van der Waals surface area contributed by atoms with E-state index in [0.29, 0.717) is 11.3 Å². The second-order valence-corrected chi connectivity index (χ2v) is 3.88. The van der Waals surface area contributed by atoms with Gasteiger partial charge in [0.1, 0.15) is 5.76 Å². The zero-order valence-electron chi connectivity index (χ0n) is 9.97. The van der Waals surface area contributed by atoms with Crippen molar-refractivity contribution in [3.63, 3.8) is 0 Å². The average molecular weight is 243 g/mol. The first-order valence-corrected chi connectivity index (χ1v) is 5.59. The van der Waals surface area contributed by atoms with E-state index in [0.717, 1.165) is 0 Å². The monoisotopic (exact) mass is 243 g/mol. The summed E-state index contributed by atoms with van der Waals surface area (Å²) in [6, 6.07) is 12.1. The molecule has 0 fully saturated rings. The molecule has 2 rings (SSSR count). The Hall–Kier alpha value is -2.36. The summed E-state index contributed by atoms with van der Waals surface area (Å²) >= 11 is 0. The van der Waals surface area contributed by atoms with E-state index in [4.69, 9.17) is 4.42 Å². The molecule has 0 aliphatic rings. The molecule has 1 heterocycles. The van der Waals surface area contributed by atoms with Crippen molar-refractivity contribution >= 4 is 11.7 Å². The molecule has 0 saturated heterocycles. The van der Waals surface area contributed by atoms with Gasteiger partial charge in [-0.05, 0) is 19.1 Å². The van der Waals surface area contributed by atoms with Crippen molar-refractivity contribution in [2.75, 3.05) is 6.54 Å². The number of furan rings is 1. The Kier molecular flexibility index (Phi) is 3.57. The number of aryl methyl sites for hydroxylation is 1. The summed E-state index contributed by atoms with van der Waals surface area (Å²) in [5.74, 6) is 0.363. The van der Waals surface area contributed by atoms with Crippen molar-refractivity contribution in [3.05, 3.63) is 59.5 Å². The molecule has 0 unspecified atom stereocenters. The van der Waals surface area contributed by atoms with Crippen LogP contribution in [-0.4, -0.2) is 18.2 Å².